The number of sulfonamides is 1. The van der Waals surface area contributed by atoms with E-state index < -0.39 is 10.0 Å². The van der Waals surface area contributed by atoms with Gasteiger partial charge in [-0.15, -0.1) is 11.3 Å². The Kier molecular flexibility index (Phi) is 8.55. The number of fused-ring (bicyclic) bond motifs is 3. The number of carbonyl (C=O) groups excluding carboxylic acids is 1. The van der Waals surface area contributed by atoms with Crippen LogP contribution < -0.4 is 20.3 Å². The number of nitrogens with zero attached hydrogens (tertiary/aromatic N) is 3. The van der Waals surface area contributed by atoms with Crippen molar-refractivity contribution in [3.63, 3.8) is 0 Å². The van der Waals surface area contributed by atoms with Crippen LogP contribution in [0.4, 0.5) is 5.69 Å². The van der Waals surface area contributed by atoms with Gasteiger partial charge in [-0.25, -0.2) is 13.4 Å². The van der Waals surface area contributed by atoms with Gasteiger partial charge in [-0.3, -0.25) is 23.9 Å². The number of ether oxygens (including phenoxy) is 1. The van der Waals surface area contributed by atoms with Gasteiger partial charge >= 0.3 is 0 Å². The first kappa shape index (κ1) is 29.4. The highest BCUT2D eigenvalue weighted by atomic mass is 32.2. The lowest BCUT2D eigenvalue weighted by Gasteiger charge is -2.13. The second-order valence-corrected chi connectivity index (χ2v) is 14.1. The second kappa shape index (κ2) is 12.5. The number of methoxy groups -OCH3 is 1. The second-order valence-electron chi connectivity index (χ2n) is 10.4. The third kappa shape index (κ3) is 6.34. The molecule has 0 spiro atoms. The molecule has 2 aromatic heterocycles. The van der Waals surface area contributed by atoms with E-state index in [2.05, 4.69) is 15.0 Å². The largest absolute Gasteiger partial charge is 0.497 e. The zero-order valence-electron chi connectivity index (χ0n) is 23.6. The number of thioether (sulfide) groups is 1. The van der Waals surface area contributed by atoms with E-state index >= 15 is 0 Å². The number of carbonyl (C=O) groups is 1. The number of nitrogens with one attached hydrogen (secondary N) is 2. The summed E-state index contributed by atoms with van der Waals surface area (Å²) in [6, 6.07) is 13.3. The summed E-state index contributed by atoms with van der Waals surface area (Å²) in [5, 5.41) is 3.85. The summed E-state index contributed by atoms with van der Waals surface area (Å²) < 4.78 is 35.5. The van der Waals surface area contributed by atoms with Crippen molar-refractivity contribution in [3.05, 3.63) is 69.3 Å². The lowest BCUT2D eigenvalue weighted by Crippen LogP contribution is -2.30. The van der Waals surface area contributed by atoms with Crippen molar-refractivity contribution >= 4 is 60.8 Å². The Morgan fingerprint density at radius 2 is 1.91 bits per heavy atom. The smallest absolute Gasteiger partial charge is 0.267 e. The molecule has 224 valence electrons. The molecule has 1 aliphatic carbocycles. The molecule has 0 fully saturated rings. The van der Waals surface area contributed by atoms with E-state index in [0.717, 1.165) is 55.9 Å². The van der Waals surface area contributed by atoms with E-state index in [1.54, 1.807) is 59.4 Å². The molecular weight excluding hydrogens is 607 g/mol. The maximum absolute atomic E-state index is 13.9. The van der Waals surface area contributed by atoms with Gasteiger partial charge < -0.3 is 10.1 Å². The van der Waals surface area contributed by atoms with Crippen molar-refractivity contribution in [2.75, 3.05) is 24.7 Å². The third-order valence-electron chi connectivity index (χ3n) is 7.43. The Bertz CT molecular complexity index is 1880. The highest BCUT2D eigenvalue weighted by Crippen LogP contribution is 2.36. The predicted octanol–water partition coefficient (Wildman–Crippen LogP) is 4.93. The normalized spacial score (nSPS) is 15.0. The average molecular weight is 638 g/mol. The first-order chi connectivity index (χ1) is 20.8. The lowest BCUT2D eigenvalue weighted by atomic mass is 10.2. The fourth-order valence-corrected chi connectivity index (χ4v) is 8.57. The standard InChI is InChI=1S/C30H31N5O5S3/c1-40-21-14-12-20(13-15-21)35-29(37)27-23-9-6-10-24(23)42-28(27)33-30(35)41-18-26(36)32-19-7-5-8-22(17-19)43(38,39)34-25-11-3-2-4-16-31-25/h5,7-8,12-15,17H,2-4,6,9-11,16,18H2,1H3,(H,31,34)(H,32,36). The molecule has 6 rings (SSSR count). The molecule has 2 aliphatic rings. The minimum Gasteiger partial charge on any atom is -0.497 e. The van der Waals surface area contributed by atoms with Crippen LogP contribution in [-0.4, -0.2) is 49.1 Å². The van der Waals surface area contributed by atoms with Gasteiger partial charge in [0.25, 0.3) is 15.6 Å². The topological polar surface area (TPSA) is 132 Å². The minimum atomic E-state index is -3.85. The molecule has 3 heterocycles. The van der Waals surface area contributed by atoms with Crippen molar-refractivity contribution in [3.8, 4) is 11.4 Å². The van der Waals surface area contributed by atoms with Crippen LogP contribution in [0.25, 0.3) is 15.9 Å². The number of aliphatic imine (C=N–C) groups is 1. The Morgan fingerprint density at radius 1 is 1.07 bits per heavy atom. The number of hydrogen-bond donors (Lipinski definition) is 2. The van der Waals surface area contributed by atoms with Gasteiger partial charge in [-0.1, -0.05) is 24.2 Å². The van der Waals surface area contributed by atoms with Crippen molar-refractivity contribution < 1.29 is 17.9 Å². The molecule has 43 heavy (non-hydrogen) atoms. The molecule has 13 heteroatoms. The molecule has 0 atom stereocenters. The number of benzene rings is 2. The fraction of sp³-hybridized carbons (Fsp3) is 0.333. The predicted molar refractivity (Wildman–Crippen MR) is 171 cm³/mol. The molecule has 2 aromatic carbocycles. The first-order valence-electron chi connectivity index (χ1n) is 14.1. The van der Waals surface area contributed by atoms with E-state index in [0.29, 0.717) is 51.3 Å². The van der Waals surface area contributed by atoms with Crippen LogP contribution in [0.5, 0.6) is 5.75 Å². The molecule has 10 nitrogen and oxygen atoms in total. The summed E-state index contributed by atoms with van der Waals surface area (Å²) in [5.74, 6) is 0.736. The quantitative estimate of drug-likeness (QED) is 0.207. The number of hydrogen-bond acceptors (Lipinski definition) is 9. The lowest BCUT2D eigenvalue weighted by molar-refractivity contribution is -0.113. The number of amides is 1. The van der Waals surface area contributed by atoms with Crippen LogP contribution in [0.15, 0.2) is 68.4 Å². The Balaban J connectivity index is 1.22. The maximum Gasteiger partial charge on any atom is 0.267 e. The number of thiophene rings is 1. The van der Waals surface area contributed by atoms with Gasteiger partial charge in [0.1, 0.15) is 16.4 Å². The highest BCUT2D eigenvalue weighted by Gasteiger charge is 2.24. The van der Waals surface area contributed by atoms with Gasteiger partial charge in [-0.05, 0) is 80.1 Å². The Morgan fingerprint density at radius 3 is 2.72 bits per heavy atom. The van der Waals surface area contributed by atoms with Gasteiger partial charge in [0.05, 0.1) is 28.8 Å². The molecular formula is C30H31N5O5S3. The molecule has 1 aliphatic heterocycles. The molecule has 0 saturated carbocycles. The molecule has 0 unspecified atom stereocenters. The first-order valence-corrected chi connectivity index (χ1v) is 17.4. The summed E-state index contributed by atoms with van der Waals surface area (Å²) in [7, 11) is -2.27. The van der Waals surface area contributed by atoms with Gasteiger partial charge in [0.2, 0.25) is 5.91 Å². The SMILES string of the molecule is COc1ccc(-n2c(SCC(=O)Nc3cccc(S(=O)(=O)NC4=NCCCCC4)c3)nc3sc4c(c3c2=O)CCC4)cc1. The Hall–Kier alpha value is -3.68. The van der Waals surface area contributed by atoms with Crippen molar-refractivity contribution in [2.24, 2.45) is 4.99 Å². The van der Waals surface area contributed by atoms with Crippen molar-refractivity contribution in [1.82, 2.24) is 14.3 Å². The van der Waals surface area contributed by atoms with Gasteiger partial charge in [-0.2, -0.15) is 0 Å². The van der Waals surface area contributed by atoms with Crippen LogP contribution in [0, 0.1) is 0 Å². The van der Waals surface area contributed by atoms with E-state index in [4.69, 9.17) is 9.72 Å². The van der Waals surface area contributed by atoms with Crippen LogP contribution in [0.2, 0.25) is 0 Å². The van der Waals surface area contributed by atoms with Crippen LogP contribution in [0.3, 0.4) is 0 Å². The highest BCUT2D eigenvalue weighted by molar-refractivity contribution is 7.99. The van der Waals surface area contributed by atoms with E-state index in [-0.39, 0.29) is 22.1 Å². The summed E-state index contributed by atoms with van der Waals surface area (Å²) in [4.78, 5) is 38.0. The molecule has 4 aromatic rings. The minimum absolute atomic E-state index is 0.0365. The summed E-state index contributed by atoms with van der Waals surface area (Å²) in [6.07, 6.45) is 6.27. The van der Waals surface area contributed by atoms with Crippen LogP contribution >= 0.6 is 23.1 Å². The summed E-state index contributed by atoms with van der Waals surface area (Å²) in [5.41, 5.74) is 1.91. The zero-order chi connectivity index (χ0) is 30.0. The molecule has 0 radical (unpaired) electrons. The van der Waals surface area contributed by atoms with Crippen molar-refractivity contribution in [1.29, 1.82) is 0 Å². The average Bonchev–Trinajstić information content (AvgIpc) is 3.49. The number of anilines is 1. The summed E-state index contributed by atoms with van der Waals surface area (Å²) in [6.45, 7) is 0.606. The van der Waals surface area contributed by atoms with E-state index in [9.17, 15) is 18.0 Å². The number of rotatable bonds is 8. The molecule has 1 amide bonds. The van der Waals surface area contributed by atoms with Crippen LogP contribution in [0.1, 0.15) is 42.5 Å². The number of aryl methyl sites for hydroxylation is 2. The number of amidine groups is 1. The third-order valence-corrected chi connectivity index (χ3v) is 10.9. The Labute approximate surface area is 257 Å². The number of aromatic nitrogens is 2. The molecule has 0 bridgehead atoms. The van der Waals surface area contributed by atoms with Gasteiger partial charge in [0.15, 0.2) is 5.16 Å². The molecule has 0 saturated heterocycles. The van der Waals surface area contributed by atoms with E-state index in [1.807, 2.05) is 0 Å². The van der Waals surface area contributed by atoms with Crippen molar-refractivity contribution in [2.45, 2.75) is 55.0 Å². The van der Waals surface area contributed by atoms with Crippen LogP contribution in [-0.2, 0) is 27.7 Å². The summed E-state index contributed by atoms with van der Waals surface area (Å²) >= 11 is 2.70. The fourth-order valence-electron chi connectivity index (χ4n) is 5.32. The maximum atomic E-state index is 13.9. The van der Waals surface area contributed by atoms with E-state index in [1.165, 1.54) is 17.0 Å². The zero-order valence-corrected chi connectivity index (χ0v) is 26.0. The monoisotopic (exact) mass is 637 g/mol. The van der Waals surface area contributed by atoms with Gasteiger partial charge in [0, 0.05) is 23.5 Å². The molecule has 2 N–H and O–H groups in total.